The summed E-state index contributed by atoms with van der Waals surface area (Å²) in [6.07, 6.45) is 5.78. The van der Waals surface area contributed by atoms with E-state index in [0.717, 1.165) is 18.5 Å². The lowest BCUT2D eigenvalue weighted by Crippen LogP contribution is -2.44. The number of sulfonamides is 1. The Hall–Kier alpha value is -2.19. The van der Waals surface area contributed by atoms with E-state index < -0.39 is 10.0 Å². The number of rotatable bonds is 2. The van der Waals surface area contributed by atoms with Gasteiger partial charge in [0.2, 0.25) is 16.0 Å². The van der Waals surface area contributed by atoms with E-state index in [1.807, 2.05) is 12.4 Å². The van der Waals surface area contributed by atoms with Gasteiger partial charge in [0, 0.05) is 39.0 Å². The Morgan fingerprint density at radius 1 is 1.15 bits per heavy atom. The third-order valence-electron chi connectivity index (χ3n) is 5.44. The van der Waals surface area contributed by atoms with Crippen molar-refractivity contribution in [2.45, 2.75) is 43.2 Å². The van der Waals surface area contributed by atoms with Crippen molar-refractivity contribution in [3.8, 4) is 5.75 Å². The second-order valence-electron chi connectivity index (χ2n) is 7.00. The van der Waals surface area contributed by atoms with Gasteiger partial charge in [-0.25, -0.2) is 18.4 Å². The van der Waals surface area contributed by atoms with Crippen LogP contribution < -0.4 is 9.64 Å². The van der Waals surface area contributed by atoms with Gasteiger partial charge in [0.15, 0.2) is 0 Å². The summed E-state index contributed by atoms with van der Waals surface area (Å²) in [4.78, 5) is 11.3. The second-order valence-corrected chi connectivity index (χ2v) is 8.97. The van der Waals surface area contributed by atoms with Crippen molar-refractivity contribution in [2.24, 2.45) is 0 Å². The molecule has 0 amide bonds. The zero-order valence-corrected chi connectivity index (χ0v) is 16.4. The molecule has 144 valence electrons. The Balaban J connectivity index is 1.61. The molecular formula is C19H24N4O3S. The maximum Gasteiger partial charge on any atom is 0.246 e. The van der Waals surface area contributed by atoms with E-state index in [0.29, 0.717) is 31.1 Å². The molecule has 8 heteroatoms. The summed E-state index contributed by atoms with van der Waals surface area (Å²) in [6, 6.07) is 6.66. The third kappa shape index (κ3) is 3.27. The molecular weight excluding hydrogens is 364 g/mol. The molecule has 27 heavy (non-hydrogen) atoms. The summed E-state index contributed by atoms with van der Waals surface area (Å²) in [7, 11) is -1.92. The van der Waals surface area contributed by atoms with Gasteiger partial charge in [0.25, 0.3) is 0 Å². The average Bonchev–Trinajstić information content (AvgIpc) is 2.93. The third-order valence-corrected chi connectivity index (χ3v) is 7.36. The lowest BCUT2D eigenvalue weighted by molar-refractivity contribution is 0.123. The van der Waals surface area contributed by atoms with Crippen molar-refractivity contribution >= 4 is 16.0 Å². The molecule has 0 aliphatic carbocycles. The van der Waals surface area contributed by atoms with Crippen LogP contribution in [0.5, 0.6) is 5.75 Å². The van der Waals surface area contributed by atoms with Gasteiger partial charge in [-0.05, 0) is 30.5 Å². The van der Waals surface area contributed by atoms with Crippen LogP contribution in [-0.2, 0) is 16.4 Å². The van der Waals surface area contributed by atoms with Gasteiger partial charge in [-0.2, -0.15) is 4.31 Å². The first-order chi connectivity index (χ1) is 13.0. The molecule has 3 heterocycles. The Morgan fingerprint density at radius 3 is 2.59 bits per heavy atom. The lowest BCUT2D eigenvalue weighted by atomic mass is 10.1. The number of anilines is 1. The summed E-state index contributed by atoms with van der Waals surface area (Å²) in [6.45, 7) is 3.48. The number of likely N-dealkylation sites (N-methyl/N-ethyl adjacent to an activating group) is 1. The fraction of sp³-hybridized carbons (Fsp3) is 0.474. The van der Waals surface area contributed by atoms with Crippen molar-refractivity contribution in [2.75, 3.05) is 25.0 Å². The number of nitrogens with zero attached hydrogens (tertiary/aromatic N) is 4. The quantitative estimate of drug-likeness (QED) is 0.784. The zero-order valence-electron chi connectivity index (χ0n) is 15.6. The molecule has 2 atom stereocenters. The first kappa shape index (κ1) is 18.2. The number of ether oxygens (including phenoxy) is 1. The second kappa shape index (κ2) is 7.09. The number of hydrogen-bond donors (Lipinski definition) is 0. The summed E-state index contributed by atoms with van der Waals surface area (Å²) in [5.41, 5.74) is 1.10. The van der Waals surface area contributed by atoms with Crippen LogP contribution in [0.2, 0.25) is 0 Å². The molecule has 1 aromatic carbocycles. The summed E-state index contributed by atoms with van der Waals surface area (Å²) in [5.74, 6) is 1.13. The Morgan fingerprint density at radius 2 is 1.85 bits per heavy atom. The van der Waals surface area contributed by atoms with E-state index in [4.69, 9.17) is 4.74 Å². The van der Waals surface area contributed by atoms with Gasteiger partial charge in [0.1, 0.15) is 16.7 Å². The van der Waals surface area contributed by atoms with Crippen LogP contribution in [0.4, 0.5) is 5.95 Å². The van der Waals surface area contributed by atoms with Crippen LogP contribution >= 0.6 is 0 Å². The zero-order chi connectivity index (χ0) is 19.0. The van der Waals surface area contributed by atoms with Crippen LogP contribution in [-0.4, -0.2) is 55.0 Å². The highest BCUT2D eigenvalue weighted by Crippen LogP contribution is 2.35. The van der Waals surface area contributed by atoms with E-state index >= 15 is 0 Å². The largest absolute Gasteiger partial charge is 0.487 e. The van der Waals surface area contributed by atoms with Gasteiger partial charge >= 0.3 is 0 Å². The SMILES string of the molecule is CCc1cnc(N2CC[C@@H]3[C@@H](CC2)Oc2ccccc2S(=O)(=O)N3C)nc1. The maximum absolute atomic E-state index is 13.0. The van der Waals surface area contributed by atoms with Crippen LogP contribution in [0.3, 0.4) is 0 Å². The Bertz CT molecular complexity index is 917. The lowest BCUT2D eigenvalue weighted by Gasteiger charge is -2.28. The van der Waals surface area contributed by atoms with Crippen LogP contribution in [0.15, 0.2) is 41.6 Å². The van der Waals surface area contributed by atoms with Crippen molar-refractivity contribution in [1.82, 2.24) is 14.3 Å². The Labute approximate surface area is 160 Å². The standard InChI is InChI=1S/C19H24N4O3S/c1-3-14-12-20-19(21-13-14)23-10-8-15-16(9-11-23)26-17-6-4-5-7-18(17)27(24,25)22(15)2/h4-7,12-13,15-16H,3,8-11H2,1-2H3/t15-,16-/m1/s1. The van der Waals surface area contributed by atoms with Gasteiger partial charge in [-0.3, -0.25) is 0 Å². The highest BCUT2D eigenvalue weighted by Gasteiger charge is 2.41. The van der Waals surface area contributed by atoms with Crippen molar-refractivity contribution in [3.05, 3.63) is 42.2 Å². The molecule has 2 aliphatic rings. The van der Waals surface area contributed by atoms with Gasteiger partial charge < -0.3 is 9.64 Å². The van der Waals surface area contributed by atoms with E-state index in [1.54, 1.807) is 31.3 Å². The fourth-order valence-electron chi connectivity index (χ4n) is 3.77. The normalized spacial score (nSPS) is 24.9. The van der Waals surface area contributed by atoms with E-state index in [9.17, 15) is 8.42 Å². The molecule has 1 saturated heterocycles. The molecule has 0 spiro atoms. The molecule has 0 saturated carbocycles. The van der Waals surface area contributed by atoms with E-state index in [1.165, 1.54) is 4.31 Å². The number of fused-ring (bicyclic) bond motifs is 2. The number of aryl methyl sites for hydroxylation is 1. The van der Waals surface area contributed by atoms with E-state index in [2.05, 4.69) is 21.8 Å². The minimum Gasteiger partial charge on any atom is -0.487 e. The topological polar surface area (TPSA) is 75.6 Å². The van der Waals surface area contributed by atoms with Crippen LogP contribution in [0.25, 0.3) is 0 Å². The predicted molar refractivity (Wildman–Crippen MR) is 102 cm³/mol. The molecule has 2 aliphatic heterocycles. The highest BCUT2D eigenvalue weighted by molar-refractivity contribution is 7.89. The van der Waals surface area contributed by atoms with Gasteiger partial charge in [-0.1, -0.05) is 19.1 Å². The number of benzene rings is 1. The molecule has 4 rings (SSSR count). The first-order valence-electron chi connectivity index (χ1n) is 9.30. The number of para-hydroxylation sites is 1. The predicted octanol–water partition coefficient (Wildman–Crippen LogP) is 2.09. The summed E-state index contributed by atoms with van der Waals surface area (Å²) >= 11 is 0. The smallest absolute Gasteiger partial charge is 0.246 e. The first-order valence-corrected chi connectivity index (χ1v) is 10.7. The van der Waals surface area contributed by atoms with Crippen molar-refractivity contribution < 1.29 is 13.2 Å². The van der Waals surface area contributed by atoms with Gasteiger partial charge in [0.05, 0.1) is 6.04 Å². The molecule has 2 aromatic rings. The molecule has 0 radical (unpaired) electrons. The van der Waals surface area contributed by atoms with E-state index in [-0.39, 0.29) is 17.0 Å². The van der Waals surface area contributed by atoms with Gasteiger partial charge in [-0.15, -0.1) is 0 Å². The number of aromatic nitrogens is 2. The molecule has 1 aromatic heterocycles. The van der Waals surface area contributed by atoms with Crippen LogP contribution in [0.1, 0.15) is 25.3 Å². The monoisotopic (exact) mass is 388 g/mol. The minimum atomic E-state index is -3.58. The molecule has 0 unspecified atom stereocenters. The minimum absolute atomic E-state index is 0.201. The molecule has 7 nitrogen and oxygen atoms in total. The summed E-state index contributed by atoms with van der Waals surface area (Å²) in [5, 5.41) is 0. The summed E-state index contributed by atoms with van der Waals surface area (Å²) < 4.78 is 33.7. The number of hydrogen-bond acceptors (Lipinski definition) is 6. The highest BCUT2D eigenvalue weighted by atomic mass is 32.2. The van der Waals surface area contributed by atoms with Crippen molar-refractivity contribution in [3.63, 3.8) is 0 Å². The van der Waals surface area contributed by atoms with Crippen LogP contribution in [0, 0.1) is 0 Å². The average molecular weight is 388 g/mol. The fourth-order valence-corrected chi connectivity index (χ4v) is 5.29. The Kier molecular flexibility index (Phi) is 4.77. The molecule has 0 N–H and O–H groups in total. The molecule has 1 fully saturated rings. The van der Waals surface area contributed by atoms with Crippen molar-refractivity contribution in [1.29, 1.82) is 0 Å². The molecule has 0 bridgehead atoms. The maximum atomic E-state index is 13.0.